The highest BCUT2D eigenvalue weighted by atomic mass is 19.3. The third kappa shape index (κ3) is 3.00. The first-order chi connectivity index (χ1) is 10.5. The summed E-state index contributed by atoms with van der Waals surface area (Å²) in [4.78, 5) is 4.20. The van der Waals surface area contributed by atoms with E-state index in [-0.39, 0.29) is 6.10 Å². The van der Waals surface area contributed by atoms with Crippen molar-refractivity contribution in [1.82, 2.24) is 24.7 Å². The Hall–Kier alpha value is -1.87. The first kappa shape index (κ1) is 15.0. The van der Waals surface area contributed by atoms with Gasteiger partial charge < -0.3 is 10.0 Å². The maximum Gasteiger partial charge on any atom is 0.299 e. The Balaban J connectivity index is 1.75. The number of hydrogen-bond acceptors (Lipinski definition) is 6. The number of aliphatic hydroxyl groups excluding tert-OH is 1. The van der Waals surface area contributed by atoms with Crippen molar-refractivity contribution >= 4 is 11.5 Å². The van der Waals surface area contributed by atoms with E-state index in [0.29, 0.717) is 18.0 Å². The van der Waals surface area contributed by atoms with Crippen LogP contribution < -0.4 is 4.90 Å². The lowest BCUT2D eigenvalue weighted by atomic mass is 10.2. The average Bonchev–Trinajstić information content (AvgIpc) is 2.90. The van der Waals surface area contributed by atoms with Gasteiger partial charge in [0.25, 0.3) is 6.43 Å². The molecule has 1 aliphatic rings. The Morgan fingerprint density at radius 3 is 2.55 bits per heavy atom. The van der Waals surface area contributed by atoms with Gasteiger partial charge in [-0.2, -0.15) is 4.52 Å². The van der Waals surface area contributed by atoms with Crippen LogP contribution in [0.1, 0.15) is 19.2 Å². The van der Waals surface area contributed by atoms with Gasteiger partial charge in [0, 0.05) is 32.7 Å². The molecular weight excluding hydrogens is 294 g/mol. The summed E-state index contributed by atoms with van der Waals surface area (Å²) in [7, 11) is 0. The van der Waals surface area contributed by atoms with E-state index in [9.17, 15) is 13.9 Å². The molecule has 0 aromatic carbocycles. The van der Waals surface area contributed by atoms with Gasteiger partial charge in [-0.15, -0.1) is 15.3 Å². The predicted molar refractivity (Wildman–Crippen MR) is 76.1 cm³/mol. The summed E-state index contributed by atoms with van der Waals surface area (Å²) in [5.74, 6) is 0.190. The first-order valence-electron chi connectivity index (χ1n) is 7.20. The van der Waals surface area contributed by atoms with Crippen molar-refractivity contribution in [2.24, 2.45) is 0 Å². The summed E-state index contributed by atoms with van der Waals surface area (Å²) < 4.78 is 26.8. The van der Waals surface area contributed by atoms with E-state index in [1.165, 1.54) is 0 Å². The molecule has 7 nitrogen and oxygen atoms in total. The summed E-state index contributed by atoms with van der Waals surface area (Å²) in [6.45, 7) is 5.47. The quantitative estimate of drug-likeness (QED) is 0.890. The maximum atomic E-state index is 12.9. The second-order valence-corrected chi connectivity index (χ2v) is 5.46. The number of nitrogens with zero attached hydrogens (tertiary/aromatic N) is 6. The number of aromatic nitrogens is 4. The highest BCUT2D eigenvalue weighted by Gasteiger charge is 2.21. The molecule has 1 aliphatic heterocycles. The van der Waals surface area contributed by atoms with Crippen LogP contribution in [-0.2, 0) is 0 Å². The first-order valence-corrected chi connectivity index (χ1v) is 7.20. The standard InChI is InChI=1S/C13H18F2N6O/c1-9(22)8-19-4-6-20(7-5-19)11-3-2-10-16-17-13(12(14)15)21(10)18-11/h2-3,9,12,22H,4-8H2,1H3/t9-/m1/s1. The normalized spacial score (nSPS) is 18.3. The van der Waals surface area contributed by atoms with Crippen molar-refractivity contribution in [2.45, 2.75) is 19.5 Å². The molecule has 0 saturated carbocycles. The molecule has 3 rings (SSSR count). The lowest BCUT2D eigenvalue weighted by Gasteiger charge is -2.35. The number of fused-ring (bicyclic) bond motifs is 1. The van der Waals surface area contributed by atoms with Crippen LogP contribution in [0.15, 0.2) is 12.1 Å². The van der Waals surface area contributed by atoms with Crippen LogP contribution in [0.25, 0.3) is 5.65 Å². The number of piperazine rings is 1. The molecule has 2 aromatic heterocycles. The number of aliphatic hydroxyl groups is 1. The average molecular weight is 312 g/mol. The predicted octanol–water partition coefficient (Wildman–Crippen LogP) is 0.565. The molecule has 0 bridgehead atoms. The van der Waals surface area contributed by atoms with Crippen LogP contribution >= 0.6 is 0 Å². The van der Waals surface area contributed by atoms with Gasteiger partial charge in [-0.25, -0.2) is 8.78 Å². The van der Waals surface area contributed by atoms with Crippen molar-refractivity contribution in [3.63, 3.8) is 0 Å². The van der Waals surface area contributed by atoms with E-state index in [1.54, 1.807) is 19.1 Å². The minimum Gasteiger partial charge on any atom is -0.392 e. The van der Waals surface area contributed by atoms with Gasteiger partial charge in [-0.1, -0.05) is 0 Å². The molecule has 1 fully saturated rings. The lowest BCUT2D eigenvalue weighted by molar-refractivity contribution is 0.122. The molecule has 1 N–H and O–H groups in total. The second-order valence-electron chi connectivity index (χ2n) is 5.46. The minimum atomic E-state index is -2.71. The van der Waals surface area contributed by atoms with E-state index >= 15 is 0 Å². The Kier molecular flexibility index (Phi) is 4.16. The number of rotatable bonds is 4. The fraction of sp³-hybridized carbons (Fsp3) is 0.615. The molecule has 0 spiro atoms. The van der Waals surface area contributed by atoms with Crippen molar-refractivity contribution in [3.8, 4) is 0 Å². The highest BCUT2D eigenvalue weighted by molar-refractivity contribution is 5.46. The van der Waals surface area contributed by atoms with Crippen LogP contribution in [0.3, 0.4) is 0 Å². The Labute approximate surface area is 126 Å². The van der Waals surface area contributed by atoms with Crippen LogP contribution in [0.5, 0.6) is 0 Å². The number of β-amino-alcohol motifs (C(OH)–C–C–N with tert-alkyl or cyclic N) is 1. The number of hydrogen-bond donors (Lipinski definition) is 1. The van der Waals surface area contributed by atoms with Crippen LogP contribution in [0, 0.1) is 0 Å². The smallest absolute Gasteiger partial charge is 0.299 e. The van der Waals surface area contributed by atoms with Gasteiger partial charge in [0.05, 0.1) is 6.10 Å². The van der Waals surface area contributed by atoms with Crippen molar-refractivity contribution in [2.75, 3.05) is 37.6 Å². The third-order valence-electron chi connectivity index (χ3n) is 3.69. The molecule has 22 heavy (non-hydrogen) atoms. The van der Waals surface area contributed by atoms with Gasteiger partial charge in [-0.3, -0.25) is 4.90 Å². The lowest BCUT2D eigenvalue weighted by Crippen LogP contribution is -2.48. The molecule has 0 aliphatic carbocycles. The number of halogens is 2. The summed E-state index contributed by atoms with van der Waals surface area (Å²) in [5.41, 5.74) is 0.312. The van der Waals surface area contributed by atoms with Gasteiger partial charge in [-0.05, 0) is 19.1 Å². The Morgan fingerprint density at radius 1 is 1.18 bits per heavy atom. The zero-order valence-corrected chi connectivity index (χ0v) is 12.2. The summed E-state index contributed by atoms with van der Waals surface area (Å²) >= 11 is 0. The van der Waals surface area contributed by atoms with Gasteiger partial charge in [0.1, 0.15) is 5.82 Å². The van der Waals surface area contributed by atoms with Gasteiger partial charge in [0.15, 0.2) is 5.65 Å². The number of alkyl halides is 2. The summed E-state index contributed by atoms with van der Waals surface area (Å²) in [5, 5.41) is 20.8. The number of anilines is 1. The molecule has 2 aromatic rings. The zero-order chi connectivity index (χ0) is 15.7. The Bertz CT molecular complexity index is 638. The van der Waals surface area contributed by atoms with Gasteiger partial charge in [0.2, 0.25) is 5.82 Å². The fourth-order valence-electron chi connectivity index (χ4n) is 2.63. The SMILES string of the molecule is C[C@@H](O)CN1CCN(c2ccc3nnc(C(F)F)n3n2)CC1. The van der Waals surface area contributed by atoms with E-state index in [0.717, 1.165) is 30.7 Å². The van der Waals surface area contributed by atoms with E-state index in [4.69, 9.17) is 0 Å². The molecule has 0 radical (unpaired) electrons. The molecule has 1 saturated heterocycles. The molecule has 0 unspecified atom stereocenters. The van der Waals surface area contributed by atoms with Gasteiger partial charge >= 0.3 is 0 Å². The Morgan fingerprint density at radius 2 is 1.91 bits per heavy atom. The molecule has 9 heteroatoms. The topological polar surface area (TPSA) is 69.8 Å². The largest absolute Gasteiger partial charge is 0.392 e. The minimum absolute atomic E-state index is 0.312. The molecule has 120 valence electrons. The third-order valence-corrected chi connectivity index (χ3v) is 3.69. The molecule has 3 heterocycles. The molecular formula is C13H18F2N6O. The van der Waals surface area contributed by atoms with Crippen LogP contribution in [0.4, 0.5) is 14.6 Å². The van der Waals surface area contributed by atoms with Crippen molar-refractivity contribution in [1.29, 1.82) is 0 Å². The molecule has 1 atom stereocenters. The summed E-state index contributed by atoms with van der Waals surface area (Å²) in [6, 6.07) is 3.41. The second kappa shape index (κ2) is 6.09. The monoisotopic (exact) mass is 312 g/mol. The van der Waals surface area contributed by atoms with Crippen molar-refractivity contribution in [3.05, 3.63) is 18.0 Å². The van der Waals surface area contributed by atoms with E-state index in [2.05, 4.69) is 20.2 Å². The maximum absolute atomic E-state index is 12.9. The van der Waals surface area contributed by atoms with E-state index < -0.39 is 12.2 Å². The fourth-order valence-corrected chi connectivity index (χ4v) is 2.63. The van der Waals surface area contributed by atoms with Crippen LogP contribution in [-0.4, -0.2) is 68.6 Å². The molecule has 0 amide bonds. The highest BCUT2D eigenvalue weighted by Crippen LogP contribution is 2.19. The van der Waals surface area contributed by atoms with E-state index in [1.807, 2.05) is 4.90 Å². The van der Waals surface area contributed by atoms with Crippen LogP contribution in [0.2, 0.25) is 0 Å². The zero-order valence-electron chi connectivity index (χ0n) is 12.2. The summed E-state index contributed by atoms with van der Waals surface area (Å²) in [6.07, 6.45) is -3.06. The van der Waals surface area contributed by atoms with Crippen molar-refractivity contribution < 1.29 is 13.9 Å².